The SMILES string of the molecule is CN(C)[C@@H]1CCN(c2ccc3c(c2)Cc2c(C(N)=O)cc(-c4ccc5c(cnn5C)c4)nc2-3)C1. The number of anilines is 1. The fourth-order valence-electron chi connectivity index (χ4n) is 5.41. The number of nitrogens with two attached hydrogens (primary N) is 1. The monoisotopic (exact) mass is 452 g/mol. The summed E-state index contributed by atoms with van der Waals surface area (Å²) in [4.78, 5) is 22.2. The van der Waals surface area contributed by atoms with Crippen LogP contribution in [0.5, 0.6) is 0 Å². The number of benzene rings is 2. The number of hydrogen-bond acceptors (Lipinski definition) is 5. The molecule has 1 amide bonds. The molecular formula is C27H28N6O. The fourth-order valence-corrected chi connectivity index (χ4v) is 5.41. The van der Waals surface area contributed by atoms with Crippen molar-refractivity contribution in [3.8, 4) is 22.5 Å². The molecule has 3 heterocycles. The summed E-state index contributed by atoms with van der Waals surface area (Å²) in [7, 11) is 6.22. The predicted molar refractivity (Wildman–Crippen MR) is 135 cm³/mol. The number of carbonyl (C=O) groups is 1. The van der Waals surface area contributed by atoms with E-state index < -0.39 is 5.91 Å². The number of nitrogens with zero attached hydrogens (tertiary/aromatic N) is 5. The van der Waals surface area contributed by atoms with Gasteiger partial charge in [0.1, 0.15) is 0 Å². The molecule has 1 fully saturated rings. The van der Waals surface area contributed by atoms with Crippen molar-refractivity contribution in [2.45, 2.75) is 18.9 Å². The Morgan fingerprint density at radius 1 is 1.15 bits per heavy atom. The Morgan fingerprint density at radius 3 is 2.76 bits per heavy atom. The molecule has 1 aliphatic heterocycles. The molecule has 34 heavy (non-hydrogen) atoms. The maximum Gasteiger partial charge on any atom is 0.249 e. The van der Waals surface area contributed by atoms with Crippen molar-refractivity contribution >= 4 is 22.5 Å². The molecule has 1 saturated heterocycles. The number of pyridine rings is 1. The highest BCUT2D eigenvalue weighted by Gasteiger charge is 2.29. The number of fused-ring (bicyclic) bond motifs is 4. The fraction of sp³-hybridized carbons (Fsp3) is 0.296. The van der Waals surface area contributed by atoms with Gasteiger partial charge in [0.15, 0.2) is 0 Å². The first-order chi connectivity index (χ1) is 16.4. The van der Waals surface area contributed by atoms with E-state index in [4.69, 9.17) is 10.7 Å². The van der Waals surface area contributed by atoms with Crippen LogP contribution in [-0.2, 0) is 13.5 Å². The second-order valence-corrected chi connectivity index (χ2v) is 9.66. The summed E-state index contributed by atoms with van der Waals surface area (Å²) in [6, 6.07) is 15.2. The smallest absolute Gasteiger partial charge is 0.249 e. The molecule has 0 saturated carbocycles. The zero-order chi connectivity index (χ0) is 23.6. The molecule has 1 atom stereocenters. The molecule has 2 N–H and O–H groups in total. The maximum absolute atomic E-state index is 12.5. The molecule has 0 radical (unpaired) electrons. The zero-order valence-corrected chi connectivity index (χ0v) is 19.7. The van der Waals surface area contributed by atoms with E-state index in [0.29, 0.717) is 18.0 Å². The van der Waals surface area contributed by atoms with Gasteiger partial charge < -0.3 is 15.5 Å². The van der Waals surface area contributed by atoms with Crippen LogP contribution in [0.2, 0.25) is 0 Å². The lowest BCUT2D eigenvalue weighted by Gasteiger charge is -2.22. The van der Waals surface area contributed by atoms with Gasteiger partial charge in [-0.1, -0.05) is 12.1 Å². The normalized spacial score (nSPS) is 16.9. The molecule has 2 aliphatic rings. The molecular weight excluding hydrogens is 424 g/mol. The minimum atomic E-state index is -0.413. The first kappa shape index (κ1) is 20.9. The first-order valence-corrected chi connectivity index (χ1v) is 11.7. The summed E-state index contributed by atoms with van der Waals surface area (Å²) in [6.07, 6.45) is 3.69. The minimum Gasteiger partial charge on any atom is -0.370 e. The van der Waals surface area contributed by atoms with Gasteiger partial charge in [-0.2, -0.15) is 5.10 Å². The Balaban J connectivity index is 1.41. The Bertz CT molecular complexity index is 1450. The van der Waals surface area contributed by atoms with Crippen molar-refractivity contribution in [2.24, 2.45) is 12.8 Å². The van der Waals surface area contributed by atoms with E-state index >= 15 is 0 Å². The number of rotatable bonds is 4. The molecule has 4 aromatic rings. The van der Waals surface area contributed by atoms with Crippen LogP contribution in [0, 0.1) is 0 Å². The van der Waals surface area contributed by atoms with Gasteiger partial charge in [0.2, 0.25) is 5.91 Å². The van der Waals surface area contributed by atoms with Crippen LogP contribution >= 0.6 is 0 Å². The molecule has 0 unspecified atom stereocenters. The highest BCUT2D eigenvalue weighted by atomic mass is 16.1. The zero-order valence-electron chi connectivity index (χ0n) is 19.7. The topological polar surface area (TPSA) is 80.3 Å². The second-order valence-electron chi connectivity index (χ2n) is 9.66. The molecule has 0 spiro atoms. The van der Waals surface area contributed by atoms with Gasteiger partial charge in [-0.15, -0.1) is 0 Å². The summed E-state index contributed by atoms with van der Waals surface area (Å²) < 4.78 is 1.85. The quantitative estimate of drug-likeness (QED) is 0.452. The summed E-state index contributed by atoms with van der Waals surface area (Å²) >= 11 is 0. The van der Waals surface area contributed by atoms with E-state index in [-0.39, 0.29) is 0 Å². The molecule has 1 aliphatic carbocycles. The van der Waals surface area contributed by atoms with Gasteiger partial charge in [-0.25, -0.2) is 4.98 Å². The van der Waals surface area contributed by atoms with Gasteiger partial charge in [0, 0.05) is 60.4 Å². The Labute approximate surface area is 198 Å². The van der Waals surface area contributed by atoms with E-state index in [0.717, 1.165) is 52.1 Å². The lowest BCUT2D eigenvalue weighted by molar-refractivity contribution is 0.0999. The van der Waals surface area contributed by atoms with E-state index in [1.807, 2.05) is 36.1 Å². The van der Waals surface area contributed by atoms with Crippen LogP contribution in [0.25, 0.3) is 33.4 Å². The number of hydrogen-bond donors (Lipinski definition) is 1. The van der Waals surface area contributed by atoms with Crippen molar-refractivity contribution in [3.63, 3.8) is 0 Å². The summed E-state index contributed by atoms with van der Waals surface area (Å²) in [5.41, 5.74) is 14.5. The van der Waals surface area contributed by atoms with E-state index in [2.05, 4.69) is 53.3 Å². The molecule has 6 rings (SSSR count). The molecule has 2 aromatic heterocycles. The third-order valence-electron chi connectivity index (χ3n) is 7.40. The average molecular weight is 453 g/mol. The number of carbonyl (C=O) groups excluding carboxylic acids is 1. The van der Waals surface area contributed by atoms with Crippen molar-refractivity contribution < 1.29 is 4.79 Å². The average Bonchev–Trinajstić information content (AvgIpc) is 3.55. The standard InChI is InChI=1S/C27H28N6O/c1-31(2)20-8-9-33(15-20)19-5-6-21-17(11-19)12-22-23(27(28)34)13-24(30-26(21)22)16-4-7-25-18(10-16)14-29-32(25)3/h4-7,10-11,13-14,20H,8-9,12,15H2,1-3H3,(H2,28,34)/t20-/m1/s1. The van der Waals surface area contributed by atoms with Crippen LogP contribution in [0.3, 0.4) is 0 Å². The molecule has 0 bridgehead atoms. The Kier molecular flexibility index (Phi) is 4.71. The largest absolute Gasteiger partial charge is 0.370 e. The van der Waals surface area contributed by atoms with Gasteiger partial charge in [-0.3, -0.25) is 9.48 Å². The summed E-state index contributed by atoms with van der Waals surface area (Å²) in [5, 5.41) is 5.37. The van der Waals surface area contributed by atoms with Crippen LogP contribution in [-0.4, -0.2) is 58.8 Å². The Morgan fingerprint density at radius 2 is 2.00 bits per heavy atom. The number of amides is 1. The number of aromatic nitrogens is 3. The molecule has 172 valence electrons. The summed E-state index contributed by atoms with van der Waals surface area (Å²) in [6.45, 7) is 2.09. The van der Waals surface area contributed by atoms with Crippen LogP contribution in [0.4, 0.5) is 5.69 Å². The van der Waals surface area contributed by atoms with Gasteiger partial charge in [0.05, 0.1) is 23.1 Å². The highest BCUT2D eigenvalue weighted by molar-refractivity contribution is 5.99. The first-order valence-electron chi connectivity index (χ1n) is 11.7. The van der Waals surface area contributed by atoms with Crippen molar-refractivity contribution in [3.05, 3.63) is 65.4 Å². The van der Waals surface area contributed by atoms with Crippen LogP contribution in [0.1, 0.15) is 27.9 Å². The van der Waals surface area contributed by atoms with E-state index in [1.54, 1.807) is 0 Å². The van der Waals surface area contributed by atoms with E-state index in [9.17, 15) is 4.79 Å². The van der Waals surface area contributed by atoms with Crippen LogP contribution in [0.15, 0.2) is 48.7 Å². The predicted octanol–water partition coefficient (Wildman–Crippen LogP) is 3.45. The minimum absolute atomic E-state index is 0.413. The van der Waals surface area contributed by atoms with Gasteiger partial charge in [0.25, 0.3) is 0 Å². The number of primary amides is 1. The highest BCUT2D eigenvalue weighted by Crippen LogP contribution is 2.41. The number of likely N-dealkylation sites (N-methyl/N-ethyl adjacent to an activating group) is 1. The van der Waals surface area contributed by atoms with E-state index in [1.165, 1.54) is 17.7 Å². The van der Waals surface area contributed by atoms with Gasteiger partial charge >= 0.3 is 0 Å². The third kappa shape index (κ3) is 3.27. The maximum atomic E-state index is 12.5. The third-order valence-corrected chi connectivity index (χ3v) is 7.40. The molecule has 7 nitrogen and oxygen atoms in total. The second kappa shape index (κ2) is 7.67. The number of aryl methyl sites for hydroxylation is 1. The van der Waals surface area contributed by atoms with Gasteiger partial charge in [-0.05, 0) is 62.0 Å². The van der Waals surface area contributed by atoms with Crippen molar-refractivity contribution in [1.82, 2.24) is 19.7 Å². The lowest BCUT2D eigenvalue weighted by atomic mass is 10.0. The van der Waals surface area contributed by atoms with Crippen molar-refractivity contribution in [2.75, 3.05) is 32.1 Å². The summed E-state index contributed by atoms with van der Waals surface area (Å²) in [5.74, 6) is -0.413. The van der Waals surface area contributed by atoms with Crippen molar-refractivity contribution in [1.29, 1.82) is 0 Å². The van der Waals surface area contributed by atoms with Crippen LogP contribution < -0.4 is 10.6 Å². The Hall–Kier alpha value is -3.71. The molecule has 7 heteroatoms. The lowest BCUT2D eigenvalue weighted by Crippen LogP contribution is -2.31. The molecule has 2 aromatic carbocycles.